The number of hydrogen-bond donors (Lipinski definition) is 0. The summed E-state index contributed by atoms with van der Waals surface area (Å²) in [5, 5.41) is 0. The van der Waals surface area contributed by atoms with Gasteiger partial charge in [0.15, 0.2) is 12.1 Å². The molecular weight excluding hydrogens is 542 g/mol. The van der Waals surface area contributed by atoms with Gasteiger partial charge in [-0.1, -0.05) is 32.0 Å². The number of nitrogens with zero attached hydrogens (tertiary/aromatic N) is 3. The highest BCUT2D eigenvalue weighted by atomic mass is 32.2. The molecule has 224 valence electrons. The van der Waals surface area contributed by atoms with Crippen LogP contribution in [-0.4, -0.2) is 92.9 Å². The number of benzene rings is 1. The highest BCUT2D eigenvalue weighted by Crippen LogP contribution is 2.41. The maximum Gasteiger partial charge on any atom is 0.243 e. The van der Waals surface area contributed by atoms with E-state index in [0.29, 0.717) is 44.0 Å². The zero-order valence-corrected chi connectivity index (χ0v) is 25.4. The summed E-state index contributed by atoms with van der Waals surface area (Å²) >= 11 is 0. The fourth-order valence-electron chi connectivity index (χ4n) is 6.74. The molecule has 9 nitrogen and oxygen atoms in total. The van der Waals surface area contributed by atoms with Crippen molar-refractivity contribution in [3.05, 3.63) is 52.3 Å². The second-order valence-electron chi connectivity index (χ2n) is 12.7. The number of carbonyl (C=O) groups is 1. The first-order chi connectivity index (χ1) is 19.6. The molecule has 4 heterocycles. The molecule has 4 aliphatic rings. The molecule has 1 aliphatic carbocycles. The van der Waals surface area contributed by atoms with Gasteiger partial charge in [-0.2, -0.15) is 4.31 Å². The van der Waals surface area contributed by atoms with E-state index in [4.69, 9.17) is 14.2 Å². The van der Waals surface area contributed by atoms with Crippen molar-refractivity contribution in [2.24, 2.45) is 5.41 Å². The number of ketones is 1. The van der Waals surface area contributed by atoms with Crippen molar-refractivity contribution in [2.75, 3.05) is 52.5 Å². The van der Waals surface area contributed by atoms with Crippen LogP contribution in [0.2, 0.25) is 0 Å². The first-order valence-electron chi connectivity index (χ1n) is 15.0. The average Bonchev–Trinajstić information content (AvgIpc) is 3.31. The Labute approximate surface area is 243 Å². The number of morpholine rings is 1. The van der Waals surface area contributed by atoms with Gasteiger partial charge in [-0.25, -0.2) is 8.42 Å². The van der Waals surface area contributed by atoms with Gasteiger partial charge in [0.1, 0.15) is 6.10 Å². The van der Waals surface area contributed by atoms with Crippen LogP contribution in [-0.2, 0) is 43.6 Å². The Morgan fingerprint density at radius 1 is 1.05 bits per heavy atom. The Morgan fingerprint density at radius 2 is 1.78 bits per heavy atom. The van der Waals surface area contributed by atoms with Gasteiger partial charge < -0.3 is 18.8 Å². The van der Waals surface area contributed by atoms with Gasteiger partial charge in [-0.3, -0.25) is 9.69 Å². The number of epoxide rings is 1. The first-order valence-corrected chi connectivity index (χ1v) is 16.5. The molecule has 1 aromatic heterocycles. The average molecular weight is 586 g/mol. The molecule has 41 heavy (non-hydrogen) atoms. The van der Waals surface area contributed by atoms with E-state index in [2.05, 4.69) is 30.2 Å². The normalized spacial score (nSPS) is 25.0. The molecule has 2 unspecified atom stereocenters. The monoisotopic (exact) mass is 585 g/mol. The third-order valence-electron chi connectivity index (χ3n) is 9.04. The van der Waals surface area contributed by atoms with E-state index in [9.17, 15) is 13.2 Å². The summed E-state index contributed by atoms with van der Waals surface area (Å²) < 4.78 is 48.4. The predicted molar refractivity (Wildman–Crippen MR) is 155 cm³/mol. The van der Waals surface area contributed by atoms with E-state index in [1.807, 2.05) is 12.1 Å². The molecule has 0 spiro atoms. The van der Waals surface area contributed by atoms with Gasteiger partial charge in [0.2, 0.25) is 10.0 Å². The SMILES string of the molecule is Cc1c(Cc2ccccc2S(=O)(=O)N2CCCC2)c2c(n1CC1OC1OCCN1CCOCC1)CC(C)(C)CC2=O. The highest BCUT2D eigenvalue weighted by molar-refractivity contribution is 7.89. The van der Waals surface area contributed by atoms with Crippen molar-refractivity contribution in [1.29, 1.82) is 0 Å². The maximum absolute atomic E-state index is 13.6. The molecule has 0 N–H and O–H groups in total. The van der Waals surface area contributed by atoms with Gasteiger partial charge in [-0.15, -0.1) is 0 Å². The lowest BCUT2D eigenvalue weighted by molar-refractivity contribution is 0.00176. The number of ether oxygens (including phenoxy) is 3. The summed E-state index contributed by atoms with van der Waals surface area (Å²) in [5.74, 6) is 0.142. The zero-order valence-electron chi connectivity index (χ0n) is 24.6. The standard InChI is InChI=1S/C31H43N3O6S/c1-22-24(18-23-8-4-5-9-28(23)41(36,37)33-10-6-7-11-33)29-25(19-31(2,3)20-26(29)35)34(22)21-27-30(40-27)39-17-14-32-12-15-38-16-13-32/h4-5,8-9,27,30H,6-7,10-21H2,1-3H3. The summed E-state index contributed by atoms with van der Waals surface area (Å²) in [5.41, 5.74) is 4.38. The number of sulfonamides is 1. The number of Topliss-reactive ketones (excluding diaryl/α,β-unsaturated/α-hetero) is 1. The molecule has 2 atom stereocenters. The zero-order chi connectivity index (χ0) is 28.8. The topological polar surface area (TPSA) is 93.6 Å². The van der Waals surface area contributed by atoms with Crippen molar-refractivity contribution < 1.29 is 27.4 Å². The van der Waals surface area contributed by atoms with Gasteiger partial charge in [0.25, 0.3) is 0 Å². The maximum atomic E-state index is 13.6. The van der Waals surface area contributed by atoms with Crippen LogP contribution in [0.4, 0.5) is 0 Å². The summed E-state index contributed by atoms with van der Waals surface area (Å²) in [7, 11) is -3.59. The van der Waals surface area contributed by atoms with Crippen LogP contribution in [0.1, 0.15) is 66.0 Å². The first kappa shape index (κ1) is 29.0. The van der Waals surface area contributed by atoms with Crippen LogP contribution < -0.4 is 0 Å². The Hall–Kier alpha value is -2.08. The summed E-state index contributed by atoms with van der Waals surface area (Å²) in [4.78, 5) is 16.3. The van der Waals surface area contributed by atoms with Crippen molar-refractivity contribution >= 4 is 15.8 Å². The molecule has 6 rings (SSSR count). The Bertz CT molecular complexity index is 1390. The molecule has 0 amide bonds. The molecule has 0 bridgehead atoms. The Morgan fingerprint density at radius 3 is 2.54 bits per heavy atom. The van der Waals surface area contributed by atoms with Crippen LogP contribution in [0, 0.1) is 12.3 Å². The van der Waals surface area contributed by atoms with Crippen LogP contribution in [0.25, 0.3) is 0 Å². The van der Waals surface area contributed by atoms with Crippen molar-refractivity contribution in [3.63, 3.8) is 0 Å². The van der Waals surface area contributed by atoms with E-state index in [1.54, 1.807) is 16.4 Å². The van der Waals surface area contributed by atoms with Gasteiger partial charge in [0.05, 0.1) is 31.3 Å². The number of rotatable bonds is 10. The lowest BCUT2D eigenvalue weighted by Gasteiger charge is -2.30. The minimum absolute atomic E-state index is 0.0642. The molecular formula is C31H43N3O6S. The molecule has 10 heteroatoms. The van der Waals surface area contributed by atoms with E-state index < -0.39 is 10.0 Å². The molecule has 3 fully saturated rings. The van der Waals surface area contributed by atoms with Crippen molar-refractivity contribution in [3.8, 4) is 0 Å². The lowest BCUT2D eigenvalue weighted by Crippen LogP contribution is -2.38. The predicted octanol–water partition coefficient (Wildman–Crippen LogP) is 3.40. The van der Waals surface area contributed by atoms with Crippen molar-refractivity contribution in [2.45, 2.75) is 76.7 Å². The second kappa shape index (κ2) is 11.5. The molecule has 0 saturated carbocycles. The highest BCUT2D eigenvalue weighted by Gasteiger charge is 2.43. The molecule has 3 saturated heterocycles. The molecule has 1 aromatic carbocycles. The van der Waals surface area contributed by atoms with Crippen LogP contribution in [0.5, 0.6) is 0 Å². The van der Waals surface area contributed by atoms with E-state index in [-0.39, 0.29) is 23.6 Å². The van der Waals surface area contributed by atoms with E-state index in [0.717, 1.165) is 80.2 Å². The van der Waals surface area contributed by atoms with Gasteiger partial charge in [0, 0.05) is 62.5 Å². The molecule has 3 aliphatic heterocycles. The van der Waals surface area contributed by atoms with Gasteiger partial charge in [-0.05, 0) is 48.8 Å². The Balaban J connectivity index is 1.24. The molecule has 2 aromatic rings. The third kappa shape index (κ3) is 6.05. The van der Waals surface area contributed by atoms with E-state index in [1.165, 1.54) is 0 Å². The van der Waals surface area contributed by atoms with Gasteiger partial charge >= 0.3 is 0 Å². The fraction of sp³-hybridized carbons (Fsp3) is 0.645. The number of carbonyl (C=O) groups excluding carboxylic acids is 1. The van der Waals surface area contributed by atoms with Crippen LogP contribution in [0.3, 0.4) is 0 Å². The number of aromatic nitrogens is 1. The Kier molecular flexibility index (Phi) is 8.17. The quantitative estimate of drug-likeness (QED) is 0.395. The summed E-state index contributed by atoms with van der Waals surface area (Å²) in [6, 6.07) is 7.28. The minimum Gasteiger partial charge on any atom is -0.379 e. The van der Waals surface area contributed by atoms with Crippen LogP contribution >= 0.6 is 0 Å². The van der Waals surface area contributed by atoms with Crippen LogP contribution in [0.15, 0.2) is 29.2 Å². The molecule has 0 radical (unpaired) electrons. The van der Waals surface area contributed by atoms with E-state index >= 15 is 0 Å². The number of hydrogen-bond acceptors (Lipinski definition) is 7. The minimum atomic E-state index is -3.59. The van der Waals surface area contributed by atoms with Crippen molar-refractivity contribution in [1.82, 2.24) is 13.8 Å². The fourth-order valence-corrected chi connectivity index (χ4v) is 8.47. The lowest BCUT2D eigenvalue weighted by atomic mass is 9.75. The smallest absolute Gasteiger partial charge is 0.243 e. The second-order valence-corrected chi connectivity index (χ2v) is 14.6. The summed E-state index contributed by atoms with van der Waals surface area (Å²) in [6.07, 6.45) is 3.16. The summed E-state index contributed by atoms with van der Waals surface area (Å²) in [6.45, 7) is 13.0. The number of fused-ring (bicyclic) bond motifs is 1. The largest absolute Gasteiger partial charge is 0.379 e. The third-order valence-corrected chi connectivity index (χ3v) is 11.0.